The van der Waals surface area contributed by atoms with Crippen molar-refractivity contribution in [1.82, 2.24) is 4.98 Å². The highest BCUT2D eigenvalue weighted by molar-refractivity contribution is 6.31. The minimum absolute atomic E-state index is 0.0897. The van der Waals surface area contributed by atoms with Crippen molar-refractivity contribution < 1.29 is 9.53 Å². The highest BCUT2D eigenvalue weighted by atomic mass is 35.5. The zero-order chi connectivity index (χ0) is 23.4. The lowest BCUT2D eigenvalue weighted by atomic mass is 9.78. The smallest absolute Gasteiger partial charge is 0.306 e. The second kappa shape index (κ2) is 10.1. The van der Waals surface area contributed by atoms with E-state index >= 15 is 0 Å². The van der Waals surface area contributed by atoms with Gasteiger partial charge in [0, 0.05) is 10.4 Å². The SMILES string of the molecule is C[CH][C@H](CC(C)C1(CC(=O)OC)CC1)c1cccc(C=Cc2ccc3ccc(Cl)cc3n2)c1. The number of aromatic nitrogens is 1. The summed E-state index contributed by atoms with van der Waals surface area (Å²) in [4.78, 5) is 16.6. The first kappa shape index (κ1) is 23.5. The number of hydrogen-bond donors (Lipinski definition) is 0. The van der Waals surface area contributed by atoms with Gasteiger partial charge in [-0.3, -0.25) is 4.79 Å². The van der Waals surface area contributed by atoms with Crippen LogP contribution in [-0.4, -0.2) is 18.1 Å². The number of halogens is 1. The fraction of sp³-hybridized carbons (Fsp3) is 0.345. The number of hydrogen-bond acceptors (Lipinski definition) is 3. The van der Waals surface area contributed by atoms with Crippen molar-refractivity contribution in [1.29, 1.82) is 0 Å². The Balaban J connectivity index is 1.47. The molecule has 4 rings (SSSR count). The van der Waals surface area contributed by atoms with E-state index in [0.29, 0.717) is 23.3 Å². The molecule has 1 unspecified atom stereocenters. The average Bonchev–Trinajstić information content (AvgIpc) is 3.61. The summed E-state index contributed by atoms with van der Waals surface area (Å²) in [6.45, 7) is 4.41. The van der Waals surface area contributed by atoms with E-state index in [1.165, 1.54) is 12.7 Å². The molecule has 0 bridgehead atoms. The molecule has 1 aliphatic carbocycles. The van der Waals surface area contributed by atoms with Crippen LogP contribution in [0.15, 0.2) is 54.6 Å². The molecular formula is C29H31ClNO2. The van der Waals surface area contributed by atoms with Gasteiger partial charge in [0.15, 0.2) is 0 Å². The summed E-state index contributed by atoms with van der Waals surface area (Å²) in [6.07, 6.45) is 10.2. The topological polar surface area (TPSA) is 39.2 Å². The summed E-state index contributed by atoms with van der Waals surface area (Å²) < 4.78 is 4.93. The summed E-state index contributed by atoms with van der Waals surface area (Å²) in [7, 11) is 1.48. The second-order valence-corrected chi connectivity index (χ2v) is 9.70. The van der Waals surface area contributed by atoms with Crippen molar-refractivity contribution in [3.8, 4) is 0 Å². The van der Waals surface area contributed by atoms with Crippen molar-refractivity contribution in [2.75, 3.05) is 7.11 Å². The molecule has 2 aromatic carbocycles. The number of nitrogens with zero attached hydrogens (tertiary/aromatic N) is 1. The number of benzene rings is 2. The van der Waals surface area contributed by atoms with E-state index < -0.39 is 0 Å². The maximum absolute atomic E-state index is 11.9. The molecule has 3 aromatic rings. The molecule has 4 heteroatoms. The molecule has 1 fully saturated rings. The van der Waals surface area contributed by atoms with Crippen LogP contribution in [0.5, 0.6) is 0 Å². The van der Waals surface area contributed by atoms with Crippen LogP contribution in [0.4, 0.5) is 0 Å². The fourth-order valence-corrected chi connectivity index (χ4v) is 4.90. The van der Waals surface area contributed by atoms with Crippen LogP contribution in [0.25, 0.3) is 23.1 Å². The quantitative estimate of drug-likeness (QED) is 0.306. The molecule has 0 aliphatic heterocycles. The van der Waals surface area contributed by atoms with E-state index in [0.717, 1.165) is 41.4 Å². The molecule has 3 nitrogen and oxygen atoms in total. The van der Waals surface area contributed by atoms with Crippen LogP contribution in [0, 0.1) is 17.8 Å². The molecular weight excluding hydrogens is 430 g/mol. The lowest BCUT2D eigenvalue weighted by molar-refractivity contribution is -0.142. The molecule has 33 heavy (non-hydrogen) atoms. The van der Waals surface area contributed by atoms with Gasteiger partial charge in [0.05, 0.1) is 24.7 Å². The first-order valence-electron chi connectivity index (χ1n) is 11.6. The van der Waals surface area contributed by atoms with Crippen molar-refractivity contribution in [2.45, 2.75) is 45.4 Å². The van der Waals surface area contributed by atoms with E-state index in [1.807, 2.05) is 30.3 Å². The molecule has 1 heterocycles. The Kier molecular flexibility index (Phi) is 7.19. The lowest BCUT2D eigenvalue weighted by Gasteiger charge is -2.27. The van der Waals surface area contributed by atoms with Crippen LogP contribution in [0.2, 0.25) is 5.02 Å². The molecule has 0 amide bonds. The molecule has 1 aromatic heterocycles. The predicted molar refractivity (Wildman–Crippen MR) is 137 cm³/mol. The highest BCUT2D eigenvalue weighted by Gasteiger charge is 2.49. The number of pyridine rings is 1. The molecule has 1 aliphatic rings. The van der Waals surface area contributed by atoms with Crippen molar-refractivity contribution in [3.63, 3.8) is 0 Å². The Labute approximate surface area is 201 Å². The first-order valence-corrected chi connectivity index (χ1v) is 12.0. The van der Waals surface area contributed by atoms with Crippen LogP contribution < -0.4 is 0 Å². The summed E-state index contributed by atoms with van der Waals surface area (Å²) in [5.41, 5.74) is 4.38. The maximum atomic E-state index is 11.9. The largest absolute Gasteiger partial charge is 0.469 e. The van der Waals surface area contributed by atoms with Crippen LogP contribution >= 0.6 is 11.6 Å². The molecule has 0 saturated heterocycles. The number of esters is 1. The van der Waals surface area contributed by atoms with Crippen molar-refractivity contribution in [3.05, 3.63) is 82.9 Å². The zero-order valence-electron chi connectivity index (χ0n) is 19.6. The standard InChI is InChI=1S/C29H31ClNO2/c1-4-22(16-20(2)29(14-15-29)19-28(32)33-3)24-7-5-6-21(17-24)8-12-26-13-10-23-9-11-25(30)18-27(23)31-26/h4-13,17-18,20,22H,14-16,19H2,1-3H3/t20?,22-/m1/s1. The fourth-order valence-electron chi connectivity index (χ4n) is 4.73. The van der Waals surface area contributed by atoms with Gasteiger partial charge in [-0.15, -0.1) is 0 Å². The maximum Gasteiger partial charge on any atom is 0.306 e. The predicted octanol–water partition coefficient (Wildman–Crippen LogP) is 7.74. The third-order valence-electron chi connectivity index (χ3n) is 7.13. The van der Waals surface area contributed by atoms with E-state index in [2.05, 4.69) is 56.7 Å². The number of carbonyl (C=O) groups excluding carboxylic acids is 1. The van der Waals surface area contributed by atoms with Gasteiger partial charge in [0.1, 0.15) is 0 Å². The summed E-state index contributed by atoms with van der Waals surface area (Å²) >= 11 is 6.12. The molecule has 1 radical (unpaired) electrons. The van der Waals surface area contributed by atoms with Gasteiger partial charge >= 0.3 is 5.97 Å². The number of fused-ring (bicyclic) bond motifs is 1. The Morgan fingerprint density at radius 3 is 2.67 bits per heavy atom. The third kappa shape index (κ3) is 5.65. The minimum atomic E-state index is -0.0897. The van der Waals surface area contributed by atoms with Crippen molar-refractivity contribution >= 4 is 40.6 Å². The Morgan fingerprint density at radius 1 is 1.15 bits per heavy atom. The lowest BCUT2D eigenvalue weighted by Crippen LogP contribution is -2.20. The number of methoxy groups -OCH3 is 1. The number of carbonyl (C=O) groups is 1. The molecule has 0 N–H and O–H groups in total. The van der Waals surface area contributed by atoms with Gasteiger partial charge in [0.2, 0.25) is 0 Å². The average molecular weight is 461 g/mol. The second-order valence-electron chi connectivity index (χ2n) is 9.27. The molecule has 171 valence electrons. The summed E-state index contributed by atoms with van der Waals surface area (Å²) in [5.74, 6) is 0.725. The Hall–Kier alpha value is -2.65. The van der Waals surface area contributed by atoms with E-state index in [9.17, 15) is 4.79 Å². The summed E-state index contributed by atoms with van der Waals surface area (Å²) in [6, 6.07) is 18.5. The van der Waals surface area contributed by atoms with E-state index in [4.69, 9.17) is 21.3 Å². The normalized spacial score (nSPS) is 16.6. The van der Waals surface area contributed by atoms with Gasteiger partial charge in [-0.2, -0.15) is 0 Å². The van der Waals surface area contributed by atoms with E-state index in [-0.39, 0.29) is 11.4 Å². The number of rotatable bonds is 9. The van der Waals surface area contributed by atoms with Crippen molar-refractivity contribution in [2.24, 2.45) is 11.3 Å². The van der Waals surface area contributed by atoms with Crippen LogP contribution in [0.3, 0.4) is 0 Å². The Morgan fingerprint density at radius 2 is 1.94 bits per heavy atom. The monoisotopic (exact) mass is 460 g/mol. The van der Waals surface area contributed by atoms with Gasteiger partial charge in [-0.05, 0) is 78.3 Å². The van der Waals surface area contributed by atoms with Gasteiger partial charge in [-0.25, -0.2) is 4.98 Å². The summed E-state index contributed by atoms with van der Waals surface area (Å²) in [5, 5.41) is 1.77. The third-order valence-corrected chi connectivity index (χ3v) is 7.37. The zero-order valence-corrected chi connectivity index (χ0v) is 20.3. The van der Waals surface area contributed by atoms with Crippen LogP contribution in [-0.2, 0) is 9.53 Å². The van der Waals surface area contributed by atoms with Gasteiger partial charge < -0.3 is 4.74 Å². The molecule has 1 saturated carbocycles. The number of ether oxygens (including phenoxy) is 1. The minimum Gasteiger partial charge on any atom is -0.469 e. The molecule has 2 atom stereocenters. The first-order chi connectivity index (χ1) is 15.9. The van der Waals surface area contributed by atoms with Gasteiger partial charge in [0.25, 0.3) is 0 Å². The Bertz CT molecular complexity index is 1170. The van der Waals surface area contributed by atoms with Gasteiger partial charge in [-0.1, -0.05) is 67.9 Å². The van der Waals surface area contributed by atoms with E-state index in [1.54, 1.807) is 0 Å². The molecule has 0 spiro atoms. The van der Waals surface area contributed by atoms with Crippen LogP contribution in [0.1, 0.15) is 62.3 Å². The highest BCUT2D eigenvalue weighted by Crippen LogP contribution is 2.57.